The fraction of sp³-hybridized carbons (Fsp3) is 0.889. The van der Waals surface area contributed by atoms with E-state index in [-0.39, 0.29) is 0 Å². The van der Waals surface area contributed by atoms with Crippen molar-refractivity contribution in [3.63, 3.8) is 0 Å². The highest BCUT2D eigenvalue weighted by Crippen LogP contribution is 2.12. The molecular formula is C9H18O2. The first kappa shape index (κ1) is 10.6. The molecule has 1 unspecified atom stereocenters. The highest BCUT2D eigenvalue weighted by Gasteiger charge is 2.17. The fourth-order valence-corrected chi connectivity index (χ4v) is 0.969. The molecule has 2 nitrogen and oxygen atoms in total. The minimum absolute atomic E-state index is 0.594. The summed E-state index contributed by atoms with van der Waals surface area (Å²) in [6, 6.07) is 0. The van der Waals surface area contributed by atoms with E-state index in [0.717, 1.165) is 12.8 Å². The van der Waals surface area contributed by atoms with E-state index < -0.39 is 5.60 Å². The van der Waals surface area contributed by atoms with Crippen LogP contribution in [-0.4, -0.2) is 17.0 Å². The van der Waals surface area contributed by atoms with Crippen LogP contribution < -0.4 is 0 Å². The second-order valence-corrected chi connectivity index (χ2v) is 3.29. The Bertz CT molecular complexity index is 108. The Kier molecular flexibility index (Phi) is 5.12. The molecule has 0 aliphatic carbocycles. The first-order chi connectivity index (χ1) is 5.12. The van der Waals surface area contributed by atoms with Gasteiger partial charge in [-0.25, -0.2) is 0 Å². The minimum atomic E-state index is -1.09. The van der Waals surface area contributed by atoms with Crippen LogP contribution in [-0.2, 0) is 4.79 Å². The van der Waals surface area contributed by atoms with Gasteiger partial charge in [-0.1, -0.05) is 32.6 Å². The van der Waals surface area contributed by atoms with E-state index >= 15 is 0 Å². The third-order valence-electron chi connectivity index (χ3n) is 1.79. The van der Waals surface area contributed by atoms with Crippen molar-refractivity contribution >= 4 is 6.29 Å². The van der Waals surface area contributed by atoms with Gasteiger partial charge in [-0.15, -0.1) is 0 Å². The number of unbranched alkanes of at least 4 members (excludes halogenated alkanes) is 3. The molecular weight excluding hydrogens is 140 g/mol. The quantitative estimate of drug-likeness (QED) is 0.473. The summed E-state index contributed by atoms with van der Waals surface area (Å²) < 4.78 is 0. The molecule has 66 valence electrons. The molecule has 0 rings (SSSR count). The molecule has 0 aromatic rings. The van der Waals surface area contributed by atoms with E-state index in [9.17, 15) is 9.90 Å². The van der Waals surface area contributed by atoms with Gasteiger partial charge in [0.05, 0.1) is 0 Å². The zero-order valence-electron chi connectivity index (χ0n) is 7.47. The number of carbonyl (C=O) groups is 1. The molecule has 1 atom stereocenters. The highest BCUT2D eigenvalue weighted by molar-refractivity contribution is 5.60. The zero-order chi connectivity index (χ0) is 8.74. The first-order valence-corrected chi connectivity index (χ1v) is 4.31. The van der Waals surface area contributed by atoms with E-state index in [4.69, 9.17) is 0 Å². The van der Waals surface area contributed by atoms with E-state index in [1.807, 2.05) is 0 Å². The Labute approximate surface area is 68.6 Å². The van der Waals surface area contributed by atoms with Gasteiger partial charge in [-0.3, -0.25) is 0 Å². The van der Waals surface area contributed by atoms with Crippen molar-refractivity contribution < 1.29 is 9.90 Å². The lowest BCUT2D eigenvalue weighted by Crippen LogP contribution is -2.25. The summed E-state index contributed by atoms with van der Waals surface area (Å²) in [6.07, 6.45) is 5.65. The van der Waals surface area contributed by atoms with E-state index in [1.165, 1.54) is 12.8 Å². The van der Waals surface area contributed by atoms with Crippen LogP contribution in [0, 0.1) is 0 Å². The third-order valence-corrected chi connectivity index (χ3v) is 1.79. The van der Waals surface area contributed by atoms with Crippen LogP contribution in [0.15, 0.2) is 0 Å². The zero-order valence-corrected chi connectivity index (χ0v) is 7.47. The number of aldehydes is 1. The Balaban J connectivity index is 3.30. The van der Waals surface area contributed by atoms with Gasteiger partial charge in [-0.2, -0.15) is 0 Å². The number of rotatable bonds is 6. The Morgan fingerprint density at radius 3 is 2.45 bits per heavy atom. The second-order valence-electron chi connectivity index (χ2n) is 3.29. The monoisotopic (exact) mass is 158 g/mol. The average molecular weight is 158 g/mol. The van der Waals surface area contributed by atoms with E-state index in [2.05, 4.69) is 6.92 Å². The molecule has 0 aliphatic rings. The Morgan fingerprint density at radius 2 is 2.00 bits per heavy atom. The van der Waals surface area contributed by atoms with E-state index in [1.54, 1.807) is 6.92 Å². The highest BCUT2D eigenvalue weighted by atomic mass is 16.3. The first-order valence-electron chi connectivity index (χ1n) is 4.31. The molecule has 0 heterocycles. The average Bonchev–Trinajstić information content (AvgIpc) is 1.99. The summed E-state index contributed by atoms with van der Waals surface area (Å²) in [6.45, 7) is 3.70. The van der Waals surface area contributed by atoms with Gasteiger partial charge in [-0.05, 0) is 13.3 Å². The molecule has 1 N–H and O–H groups in total. The predicted molar refractivity (Wildman–Crippen MR) is 45.4 cm³/mol. The molecule has 0 bridgehead atoms. The third kappa shape index (κ3) is 6.05. The van der Waals surface area contributed by atoms with Gasteiger partial charge >= 0.3 is 0 Å². The smallest absolute Gasteiger partial charge is 0.151 e. The summed E-state index contributed by atoms with van der Waals surface area (Å²) in [5.41, 5.74) is -1.09. The summed E-state index contributed by atoms with van der Waals surface area (Å²) in [5.74, 6) is 0. The molecule has 0 aromatic carbocycles. The lowest BCUT2D eigenvalue weighted by Gasteiger charge is -2.14. The minimum Gasteiger partial charge on any atom is -0.383 e. The molecule has 0 amide bonds. The number of carbonyl (C=O) groups excluding carboxylic acids is 1. The summed E-state index contributed by atoms with van der Waals surface area (Å²) >= 11 is 0. The largest absolute Gasteiger partial charge is 0.383 e. The van der Waals surface area contributed by atoms with Gasteiger partial charge < -0.3 is 9.90 Å². The lowest BCUT2D eigenvalue weighted by atomic mass is 10.00. The van der Waals surface area contributed by atoms with Crippen LogP contribution in [0.25, 0.3) is 0 Å². The van der Waals surface area contributed by atoms with Gasteiger partial charge in [0.2, 0.25) is 0 Å². The van der Waals surface area contributed by atoms with E-state index in [0.29, 0.717) is 12.7 Å². The topological polar surface area (TPSA) is 37.3 Å². The lowest BCUT2D eigenvalue weighted by molar-refractivity contribution is -0.123. The van der Waals surface area contributed by atoms with Crippen molar-refractivity contribution in [2.24, 2.45) is 0 Å². The van der Waals surface area contributed by atoms with Gasteiger partial charge in [0, 0.05) is 0 Å². The van der Waals surface area contributed by atoms with Gasteiger partial charge in [0.15, 0.2) is 6.29 Å². The van der Waals surface area contributed by atoms with Gasteiger partial charge in [0.25, 0.3) is 0 Å². The number of hydrogen-bond donors (Lipinski definition) is 1. The molecule has 11 heavy (non-hydrogen) atoms. The van der Waals surface area contributed by atoms with Crippen molar-refractivity contribution in [2.45, 2.75) is 51.6 Å². The van der Waals surface area contributed by atoms with Crippen LogP contribution in [0.4, 0.5) is 0 Å². The van der Waals surface area contributed by atoms with Crippen LogP contribution >= 0.6 is 0 Å². The fourth-order valence-electron chi connectivity index (χ4n) is 0.969. The number of hydrogen-bond acceptors (Lipinski definition) is 2. The standard InChI is InChI=1S/C9H18O2/c1-3-4-5-6-7-9(2,11)8-10/h8,11H,3-7H2,1-2H3. The molecule has 0 spiro atoms. The van der Waals surface area contributed by atoms with Crippen LogP contribution in [0.1, 0.15) is 46.0 Å². The van der Waals surface area contributed by atoms with Gasteiger partial charge in [0.1, 0.15) is 5.60 Å². The van der Waals surface area contributed by atoms with Crippen LogP contribution in [0.3, 0.4) is 0 Å². The SMILES string of the molecule is CCCCCCC(C)(O)C=O. The molecule has 0 fully saturated rings. The van der Waals surface area contributed by atoms with Crippen molar-refractivity contribution in [3.05, 3.63) is 0 Å². The van der Waals surface area contributed by atoms with Crippen LogP contribution in [0.5, 0.6) is 0 Å². The molecule has 0 radical (unpaired) electrons. The summed E-state index contributed by atoms with van der Waals surface area (Å²) in [7, 11) is 0. The Morgan fingerprint density at radius 1 is 1.36 bits per heavy atom. The second kappa shape index (κ2) is 5.30. The maximum Gasteiger partial charge on any atom is 0.151 e. The van der Waals surface area contributed by atoms with Crippen molar-refractivity contribution in [2.75, 3.05) is 0 Å². The number of aliphatic hydroxyl groups is 1. The van der Waals surface area contributed by atoms with Crippen molar-refractivity contribution in [1.82, 2.24) is 0 Å². The molecule has 0 saturated carbocycles. The molecule has 0 aliphatic heterocycles. The van der Waals surface area contributed by atoms with Crippen molar-refractivity contribution in [1.29, 1.82) is 0 Å². The predicted octanol–water partition coefficient (Wildman–Crippen LogP) is 1.91. The normalized spacial score (nSPS) is 15.9. The molecule has 2 heteroatoms. The van der Waals surface area contributed by atoms with Crippen molar-refractivity contribution in [3.8, 4) is 0 Å². The summed E-state index contributed by atoms with van der Waals surface area (Å²) in [4.78, 5) is 10.2. The maximum atomic E-state index is 10.2. The molecule has 0 aromatic heterocycles. The van der Waals surface area contributed by atoms with Crippen LogP contribution in [0.2, 0.25) is 0 Å². The maximum absolute atomic E-state index is 10.2. The Hall–Kier alpha value is -0.370. The molecule has 0 saturated heterocycles. The summed E-state index contributed by atoms with van der Waals surface area (Å²) in [5, 5.41) is 9.25.